The summed E-state index contributed by atoms with van der Waals surface area (Å²) in [5.74, 6) is 0.702. The van der Waals surface area contributed by atoms with Crippen LogP contribution in [-0.4, -0.2) is 33.7 Å². The zero-order valence-electron chi connectivity index (χ0n) is 12.0. The van der Waals surface area contributed by atoms with Gasteiger partial charge in [-0.3, -0.25) is 5.32 Å². The van der Waals surface area contributed by atoms with E-state index in [1.165, 1.54) is 43.4 Å². The van der Waals surface area contributed by atoms with E-state index in [1.54, 1.807) is 0 Å². The molecule has 0 aromatic carbocycles. The van der Waals surface area contributed by atoms with Crippen molar-refractivity contribution in [1.82, 2.24) is 15.1 Å². The van der Waals surface area contributed by atoms with Crippen LogP contribution in [0.25, 0.3) is 0 Å². The number of rotatable bonds is 2. The van der Waals surface area contributed by atoms with Gasteiger partial charge >= 0.3 is 6.03 Å². The van der Waals surface area contributed by atoms with Gasteiger partial charge in [-0.1, -0.05) is 30.6 Å². The Morgan fingerprint density at radius 2 is 2.00 bits per heavy atom. The highest BCUT2D eigenvalue weighted by molar-refractivity contribution is 7.15. The van der Waals surface area contributed by atoms with Crippen LogP contribution in [0.5, 0.6) is 0 Å². The van der Waals surface area contributed by atoms with Crippen molar-refractivity contribution < 1.29 is 4.79 Å². The van der Waals surface area contributed by atoms with Crippen molar-refractivity contribution >= 4 is 22.5 Å². The van der Waals surface area contributed by atoms with Crippen molar-refractivity contribution in [1.29, 1.82) is 0 Å². The Kier molecular flexibility index (Phi) is 4.19. The molecule has 1 aliphatic heterocycles. The van der Waals surface area contributed by atoms with Gasteiger partial charge in [-0.25, -0.2) is 4.79 Å². The minimum absolute atomic E-state index is 0.00854. The van der Waals surface area contributed by atoms with Gasteiger partial charge in [-0.2, -0.15) is 0 Å². The third-order valence-electron chi connectivity index (χ3n) is 4.49. The summed E-state index contributed by atoms with van der Waals surface area (Å²) in [5.41, 5.74) is 0. The monoisotopic (exact) mass is 294 g/mol. The first-order chi connectivity index (χ1) is 9.74. The Bertz CT molecular complexity index is 469. The Hall–Kier alpha value is -1.17. The van der Waals surface area contributed by atoms with Crippen molar-refractivity contribution in [3.63, 3.8) is 0 Å². The van der Waals surface area contributed by atoms with E-state index in [2.05, 4.69) is 15.5 Å². The molecule has 0 bridgehead atoms. The normalized spacial score (nSPS) is 24.1. The highest BCUT2D eigenvalue weighted by atomic mass is 32.1. The maximum Gasteiger partial charge on any atom is 0.323 e. The minimum atomic E-state index is 0.00854. The molecular formula is C14H22N4OS. The predicted molar refractivity (Wildman–Crippen MR) is 80.0 cm³/mol. The molecule has 2 amide bonds. The number of aryl methyl sites for hydroxylation is 1. The number of likely N-dealkylation sites (tertiary alicyclic amines) is 1. The molecule has 1 aromatic rings. The molecule has 3 rings (SSSR count). The zero-order chi connectivity index (χ0) is 13.9. The van der Waals surface area contributed by atoms with Crippen molar-refractivity contribution in [2.45, 2.75) is 57.9 Å². The summed E-state index contributed by atoms with van der Waals surface area (Å²) in [6, 6.07) is 0.443. The summed E-state index contributed by atoms with van der Waals surface area (Å²) in [4.78, 5) is 14.5. The summed E-state index contributed by atoms with van der Waals surface area (Å²) >= 11 is 1.43. The standard InChI is InChI=1S/C14H22N4OS/c1-10-16-17-13(20-10)15-14(19)18-9-5-8-12(18)11-6-3-2-4-7-11/h11-12H,2-9H2,1H3,(H,15,17,19). The SMILES string of the molecule is Cc1nnc(NC(=O)N2CCCC2C2CCCCC2)s1. The maximum absolute atomic E-state index is 12.4. The third-order valence-corrected chi connectivity index (χ3v) is 5.25. The molecule has 20 heavy (non-hydrogen) atoms. The number of aromatic nitrogens is 2. The summed E-state index contributed by atoms with van der Waals surface area (Å²) in [5, 5.41) is 12.3. The second-order valence-corrected chi connectivity index (χ2v) is 7.04. The van der Waals surface area contributed by atoms with E-state index < -0.39 is 0 Å². The maximum atomic E-state index is 12.4. The molecule has 5 nitrogen and oxygen atoms in total. The van der Waals surface area contributed by atoms with Crippen LogP contribution in [-0.2, 0) is 0 Å². The molecule has 1 aromatic heterocycles. The molecule has 2 aliphatic rings. The minimum Gasteiger partial charge on any atom is -0.321 e. The number of nitrogens with one attached hydrogen (secondary N) is 1. The number of carbonyl (C=O) groups excluding carboxylic acids is 1. The molecule has 1 N–H and O–H groups in total. The Labute approximate surface area is 123 Å². The van der Waals surface area contributed by atoms with E-state index in [9.17, 15) is 4.79 Å². The zero-order valence-corrected chi connectivity index (χ0v) is 12.8. The fourth-order valence-corrected chi connectivity index (χ4v) is 4.15. The van der Waals surface area contributed by atoms with Crippen molar-refractivity contribution in [2.24, 2.45) is 5.92 Å². The van der Waals surface area contributed by atoms with Gasteiger partial charge in [0.05, 0.1) is 0 Å². The van der Waals surface area contributed by atoms with E-state index in [1.807, 2.05) is 11.8 Å². The summed E-state index contributed by atoms with van der Waals surface area (Å²) < 4.78 is 0. The molecule has 1 saturated carbocycles. The third kappa shape index (κ3) is 2.95. The molecule has 2 heterocycles. The number of urea groups is 1. The lowest BCUT2D eigenvalue weighted by atomic mass is 9.83. The smallest absolute Gasteiger partial charge is 0.321 e. The van der Waals surface area contributed by atoms with Crippen LogP contribution in [0.4, 0.5) is 9.93 Å². The van der Waals surface area contributed by atoms with Crippen molar-refractivity contribution in [3.8, 4) is 0 Å². The van der Waals surface area contributed by atoms with Gasteiger partial charge in [-0.15, -0.1) is 10.2 Å². The van der Waals surface area contributed by atoms with Crippen LogP contribution in [0.3, 0.4) is 0 Å². The number of nitrogens with zero attached hydrogens (tertiary/aromatic N) is 3. The van der Waals surface area contributed by atoms with E-state index in [-0.39, 0.29) is 6.03 Å². The highest BCUT2D eigenvalue weighted by Crippen LogP contribution is 2.34. The topological polar surface area (TPSA) is 58.1 Å². The Balaban J connectivity index is 1.63. The summed E-state index contributed by atoms with van der Waals surface area (Å²) in [6.45, 7) is 2.78. The number of hydrogen-bond donors (Lipinski definition) is 1. The van der Waals surface area contributed by atoms with E-state index >= 15 is 0 Å². The largest absolute Gasteiger partial charge is 0.323 e. The number of hydrogen-bond acceptors (Lipinski definition) is 4. The first-order valence-electron chi connectivity index (χ1n) is 7.62. The number of anilines is 1. The van der Waals surface area contributed by atoms with Gasteiger partial charge in [0.25, 0.3) is 0 Å². The molecule has 2 fully saturated rings. The van der Waals surface area contributed by atoms with Gasteiger partial charge in [-0.05, 0) is 38.5 Å². The van der Waals surface area contributed by atoms with E-state index in [0.717, 1.165) is 24.4 Å². The number of carbonyl (C=O) groups is 1. The van der Waals surface area contributed by atoms with Gasteiger partial charge < -0.3 is 4.90 Å². The van der Waals surface area contributed by atoms with Gasteiger partial charge in [0.2, 0.25) is 5.13 Å². The van der Waals surface area contributed by atoms with E-state index in [0.29, 0.717) is 17.1 Å². The lowest BCUT2D eigenvalue weighted by molar-refractivity contribution is 0.166. The number of amides is 2. The summed E-state index contributed by atoms with van der Waals surface area (Å²) in [7, 11) is 0. The Morgan fingerprint density at radius 1 is 1.20 bits per heavy atom. The fraction of sp³-hybridized carbons (Fsp3) is 0.786. The first kappa shape index (κ1) is 13.8. The molecular weight excluding hydrogens is 272 g/mol. The fourth-order valence-electron chi connectivity index (χ4n) is 3.56. The highest BCUT2D eigenvalue weighted by Gasteiger charge is 2.35. The van der Waals surface area contributed by atoms with Crippen LogP contribution in [0.15, 0.2) is 0 Å². The van der Waals surface area contributed by atoms with Crippen LogP contribution in [0.2, 0.25) is 0 Å². The van der Waals surface area contributed by atoms with Crippen LogP contribution >= 0.6 is 11.3 Å². The Morgan fingerprint density at radius 3 is 2.70 bits per heavy atom. The first-order valence-corrected chi connectivity index (χ1v) is 8.43. The van der Waals surface area contributed by atoms with Gasteiger partial charge in [0.15, 0.2) is 0 Å². The molecule has 1 unspecified atom stereocenters. The lowest BCUT2D eigenvalue weighted by Gasteiger charge is -2.33. The van der Waals surface area contributed by atoms with Gasteiger partial charge in [0.1, 0.15) is 5.01 Å². The molecule has 1 atom stereocenters. The average molecular weight is 294 g/mol. The van der Waals surface area contributed by atoms with Crippen LogP contribution in [0, 0.1) is 12.8 Å². The molecule has 6 heteroatoms. The quantitative estimate of drug-likeness (QED) is 0.909. The molecule has 0 radical (unpaired) electrons. The van der Waals surface area contributed by atoms with Crippen LogP contribution in [0.1, 0.15) is 50.0 Å². The van der Waals surface area contributed by atoms with Crippen molar-refractivity contribution in [2.75, 3.05) is 11.9 Å². The average Bonchev–Trinajstić information content (AvgIpc) is 3.09. The van der Waals surface area contributed by atoms with Crippen molar-refractivity contribution in [3.05, 3.63) is 5.01 Å². The molecule has 1 aliphatic carbocycles. The second-order valence-electron chi connectivity index (χ2n) is 5.86. The second kappa shape index (κ2) is 6.08. The summed E-state index contributed by atoms with van der Waals surface area (Å²) in [6.07, 6.45) is 8.87. The predicted octanol–water partition coefficient (Wildman–Crippen LogP) is 3.42. The lowest BCUT2D eigenvalue weighted by Crippen LogP contribution is -2.43. The van der Waals surface area contributed by atoms with Gasteiger partial charge in [0, 0.05) is 12.6 Å². The van der Waals surface area contributed by atoms with Crippen LogP contribution < -0.4 is 5.32 Å². The van der Waals surface area contributed by atoms with E-state index in [4.69, 9.17) is 0 Å². The molecule has 110 valence electrons. The molecule has 1 saturated heterocycles. The molecule has 0 spiro atoms.